The third-order valence-electron chi connectivity index (χ3n) is 6.35. The average Bonchev–Trinajstić information content (AvgIpc) is 2.27. The third-order valence-corrected chi connectivity index (χ3v) is 6.35. The molecule has 0 aromatic rings. The van der Waals surface area contributed by atoms with Crippen LogP contribution in [0.25, 0.3) is 0 Å². The normalized spacial score (nSPS) is 48.0. The van der Waals surface area contributed by atoms with Crippen LogP contribution in [-0.2, 0) is 9.47 Å². The lowest BCUT2D eigenvalue weighted by atomic mass is 9.39. The highest BCUT2D eigenvalue weighted by Gasteiger charge is 2.68. The summed E-state index contributed by atoms with van der Waals surface area (Å²) in [6, 6.07) is 0. The lowest BCUT2D eigenvalue weighted by molar-refractivity contribution is -0.383. The quantitative estimate of drug-likeness (QED) is 0.655. The van der Waals surface area contributed by atoms with E-state index >= 15 is 0 Å². The van der Waals surface area contributed by atoms with Crippen LogP contribution < -0.4 is 0 Å². The van der Waals surface area contributed by atoms with Gasteiger partial charge >= 0.3 is 0 Å². The fourth-order valence-electron chi connectivity index (χ4n) is 5.08. The minimum atomic E-state index is -0.464. The van der Waals surface area contributed by atoms with Crippen molar-refractivity contribution in [3.63, 3.8) is 0 Å². The molecule has 3 aliphatic carbocycles. The molecule has 0 aromatic heterocycles. The zero-order valence-electron chi connectivity index (χ0n) is 14.1. The number of hydrogen-bond donors (Lipinski definition) is 0. The Morgan fingerprint density at radius 1 is 1.00 bits per heavy atom. The van der Waals surface area contributed by atoms with E-state index in [2.05, 4.69) is 54.5 Å². The summed E-state index contributed by atoms with van der Waals surface area (Å²) in [4.78, 5) is 0. The minimum absolute atomic E-state index is 0.116. The topological polar surface area (TPSA) is 18.5 Å². The second-order valence-corrected chi connectivity index (χ2v) is 8.70. The fourth-order valence-corrected chi connectivity index (χ4v) is 5.08. The van der Waals surface area contributed by atoms with Gasteiger partial charge in [0.1, 0.15) is 0 Å². The first-order valence-corrected chi connectivity index (χ1v) is 8.08. The second-order valence-electron chi connectivity index (χ2n) is 8.70. The molecule has 2 nitrogen and oxygen atoms in total. The van der Waals surface area contributed by atoms with Gasteiger partial charge in [-0.15, -0.1) is 0 Å². The Morgan fingerprint density at radius 3 is 2.20 bits per heavy atom. The lowest BCUT2D eigenvalue weighted by Crippen LogP contribution is -2.70. The molecule has 4 rings (SSSR count). The van der Waals surface area contributed by atoms with Gasteiger partial charge in [0.05, 0.1) is 12.2 Å². The second kappa shape index (κ2) is 4.10. The van der Waals surface area contributed by atoms with Crippen molar-refractivity contribution in [1.29, 1.82) is 0 Å². The van der Waals surface area contributed by atoms with E-state index in [-0.39, 0.29) is 11.5 Å². The highest BCUT2D eigenvalue weighted by atomic mass is 16.7. The van der Waals surface area contributed by atoms with Gasteiger partial charge in [0.15, 0.2) is 5.79 Å². The maximum absolute atomic E-state index is 6.35. The summed E-state index contributed by atoms with van der Waals surface area (Å²) in [6.07, 6.45) is 5.38. The van der Waals surface area contributed by atoms with Crippen molar-refractivity contribution in [3.8, 4) is 0 Å². The lowest BCUT2D eigenvalue weighted by Gasteiger charge is -2.70. The third kappa shape index (κ3) is 1.84. The Morgan fingerprint density at radius 2 is 1.65 bits per heavy atom. The Hall–Kier alpha value is -0.340. The molecule has 0 unspecified atom stereocenters. The fraction of sp³-hybridized carbons (Fsp3) is 0.889. The molecule has 1 aliphatic heterocycles. The molecule has 20 heavy (non-hydrogen) atoms. The van der Waals surface area contributed by atoms with Gasteiger partial charge < -0.3 is 9.47 Å². The van der Waals surface area contributed by atoms with Gasteiger partial charge in [-0.2, -0.15) is 0 Å². The van der Waals surface area contributed by atoms with Crippen LogP contribution in [0.2, 0.25) is 0 Å². The molecule has 0 N–H and O–H groups in total. The first-order valence-electron chi connectivity index (χ1n) is 8.08. The van der Waals surface area contributed by atoms with Gasteiger partial charge in [-0.25, -0.2) is 0 Å². The van der Waals surface area contributed by atoms with Gasteiger partial charge in [0, 0.05) is 5.41 Å². The van der Waals surface area contributed by atoms with E-state index in [4.69, 9.17) is 9.47 Å². The van der Waals surface area contributed by atoms with Crippen LogP contribution in [0, 0.1) is 22.7 Å². The smallest absolute Gasteiger partial charge is 0.163 e. The SMILES string of the molecule is CC(C)=C[C@H]1OC(C)(C)O[C@@H]2C[C@@H]3C[C@@H](C3(C)C)[C@]12C. The van der Waals surface area contributed by atoms with Crippen LogP contribution in [-0.4, -0.2) is 18.0 Å². The molecular formula is C18H30O2. The van der Waals surface area contributed by atoms with Crippen LogP contribution in [0.5, 0.6) is 0 Å². The van der Waals surface area contributed by atoms with E-state index in [1.807, 2.05) is 0 Å². The molecule has 4 aliphatic rings. The molecule has 2 heteroatoms. The molecule has 1 heterocycles. The standard InChI is InChI=1S/C18H30O2/c1-11(2)8-14-18(7)13-9-12(16(13,3)4)10-15(18)20-17(5,6)19-14/h8,12-15H,9-10H2,1-7H3/t12-,13-,14+,15+,18+/m0/s1. The molecule has 0 radical (unpaired) electrons. The minimum Gasteiger partial charge on any atom is -0.347 e. The van der Waals surface area contributed by atoms with Gasteiger partial charge in [-0.05, 0) is 57.8 Å². The van der Waals surface area contributed by atoms with Crippen molar-refractivity contribution in [3.05, 3.63) is 11.6 Å². The summed E-state index contributed by atoms with van der Waals surface area (Å²) in [7, 11) is 0. The maximum Gasteiger partial charge on any atom is 0.163 e. The molecule has 3 saturated carbocycles. The Balaban J connectivity index is 2.01. The van der Waals surface area contributed by atoms with Crippen LogP contribution in [0.15, 0.2) is 11.6 Å². The number of ether oxygens (including phenoxy) is 2. The van der Waals surface area contributed by atoms with Crippen LogP contribution in [0.3, 0.4) is 0 Å². The molecule has 5 atom stereocenters. The summed E-state index contributed by atoms with van der Waals surface area (Å²) < 4.78 is 12.7. The van der Waals surface area contributed by atoms with E-state index in [1.54, 1.807) is 0 Å². The molecule has 1 saturated heterocycles. The highest BCUT2D eigenvalue weighted by Crippen LogP contribution is 2.69. The number of hydrogen-bond acceptors (Lipinski definition) is 2. The van der Waals surface area contributed by atoms with Crippen molar-refractivity contribution < 1.29 is 9.47 Å². The summed E-state index contributed by atoms with van der Waals surface area (Å²) in [5.74, 6) is 1.07. The number of rotatable bonds is 1. The van der Waals surface area contributed by atoms with E-state index < -0.39 is 5.79 Å². The summed E-state index contributed by atoms with van der Waals surface area (Å²) in [5, 5.41) is 0. The predicted molar refractivity (Wildman–Crippen MR) is 81.4 cm³/mol. The van der Waals surface area contributed by atoms with Crippen LogP contribution in [0.4, 0.5) is 0 Å². The summed E-state index contributed by atoms with van der Waals surface area (Å²) in [6.45, 7) is 15.7. The monoisotopic (exact) mass is 278 g/mol. The predicted octanol–water partition coefficient (Wildman–Crippen LogP) is 4.55. The first kappa shape index (κ1) is 14.6. The van der Waals surface area contributed by atoms with Crippen LogP contribution in [0.1, 0.15) is 61.3 Å². The zero-order chi connectivity index (χ0) is 14.9. The van der Waals surface area contributed by atoms with Crippen LogP contribution >= 0.6 is 0 Å². The molecule has 4 fully saturated rings. The molecular weight excluding hydrogens is 248 g/mol. The Kier molecular flexibility index (Phi) is 2.99. The highest BCUT2D eigenvalue weighted by molar-refractivity contribution is 5.19. The van der Waals surface area contributed by atoms with E-state index in [0.717, 1.165) is 5.92 Å². The van der Waals surface area contributed by atoms with Gasteiger partial charge in [-0.1, -0.05) is 32.4 Å². The largest absolute Gasteiger partial charge is 0.347 e. The number of allylic oxidation sites excluding steroid dienone is 1. The molecule has 0 spiro atoms. The van der Waals surface area contributed by atoms with Crippen molar-refractivity contribution >= 4 is 0 Å². The van der Waals surface area contributed by atoms with E-state index in [1.165, 1.54) is 18.4 Å². The van der Waals surface area contributed by atoms with E-state index in [0.29, 0.717) is 17.4 Å². The Bertz CT molecular complexity index is 444. The molecule has 0 aromatic carbocycles. The van der Waals surface area contributed by atoms with Crippen molar-refractivity contribution in [1.82, 2.24) is 0 Å². The summed E-state index contributed by atoms with van der Waals surface area (Å²) >= 11 is 0. The molecule has 2 bridgehead atoms. The van der Waals surface area contributed by atoms with E-state index in [9.17, 15) is 0 Å². The van der Waals surface area contributed by atoms with Gasteiger partial charge in [-0.3, -0.25) is 0 Å². The van der Waals surface area contributed by atoms with Crippen molar-refractivity contribution in [2.75, 3.05) is 0 Å². The maximum atomic E-state index is 6.35. The zero-order valence-corrected chi connectivity index (χ0v) is 14.1. The first-order chi connectivity index (χ1) is 9.07. The van der Waals surface area contributed by atoms with Crippen molar-refractivity contribution in [2.24, 2.45) is 22.7 Å². The summed E-state index contributed by atoms with van der Waals surface area (Å²) in [5.41, 5.74) is 1.89. The average molecular weight is 278 g/mol. The molecule has 114 valence electrons. The van der Waals surface area contributed by atoms with Gasteiger partial charge in [0.2, 0.25) is 0 Å². The Labute approximate surface area is 123 Å². The molecule has 0 amide bonds. The van der Waals surface area contributed by atoms with Gasteiger partial charge in [0.25, 0.3) is 0 Å². The van der Waals surface area contributed by atoms with Crippen molar-refractivity contribution in [2.45, 2.75) is 79.3 Å².